The Morgan fingerprint density at radius 1 is 0.691 bits per heavy atom. The molecule has 9 nitrogen and oxygen atoms in total. The average molecular weight is 734 g/mol. The van der Waals surface area contributed by atoms with Crippen molar-refractivity contribution in [3.63, 3.8) is 0 Å². The summed E-state index contributed by atoms with van der Waals surface area (Å²) in [5, 5.41) is 0. The van der Waals surface area contributed by atoms with Gasteiger partial charge < -0.3 is 19.8 Å². The van der Waals surface area contributed by atoms with Gasteiger partial charge in [0.05, 0.1) is 41.8 Å². The molecule has 6 aromatic rings. The van der Waals surface area contributed by atoms with E-state index in [1.165, 1.54) is 0 Å². The predicted molar refractivity (Wildman–Crippen MR) is 219 cm³/mol. The number of likely N-dealkylation sites (tertiary alicyclic amines) is 1. The molecule has 0 aliphatic carbocycles. The van der Waals surface area contributed by atoms with Gasteiger partial charge >= 0.3 is 0 Å². The monoisotopic (exact) mass is 733 g/mol. The van der Waals surface area contributed by atoms with Crippen LogP contribution in [0.2, 0.25) is 0 Å². The summed E-state index contributed by atoms with van der Waals surface area (Å²) in [4.78, 5) is 49.8. The number of carbonyl (C=O) groups excluding carboxylic acids is 2. The molecule has 0 unspecified atom stereocenters. The fourth-order valence-electron chi connectivity index (χ4n) is 7.86. The molecule has 0 saturated carbocycles. The predicted octanol–water partition coefficient (Wildman–Crippen LogP) is 9.06. The van der Waals surface area contributed by atoms with Crippen molar-refractivity contribution < 1.29 is 9.59 Å². The molecular weight excluding hydrogens is 683 g/mol. The fraction of sp³-hybridized carbons (Fsp3) is 0.304. The molecule has 1 saturated heterocycles. The van der Waals surface area contributed by atoms with E-state index in [1.54, 1.807) is 4.90 Å². The summed E-state index contributed by atoms with van der Waals surface area (Å²) in [6.07, 6.45) is 5.58. The number of benzene rings is 4. The molecule has 3 heterocycles. The molecule has 2 amide bonds. The quantitative estimate of drug-likeness (QED) is 0.131. The number of nitrogens with zero attached hydrogens (tertiary/aromatic N) is 5. The SMILES string of the molecule is CC(C)[C@@H](C(=O)N1CCC[C@H]1c1ncc(-c2ccc(-c3ccc(-c4cnc([C@H](C)N(C)C(=O)[C@@H](c5ccccc5)N(C)C)[nH]4)cc3)cc2)[nH]1)c1ccccc1. The van der Waals surface area contributed by atoms with Crippen LogP contribution < -0.4 is 0 Å². The van der Waals surface area contributed by atoms with Crippen LogP contribution in [0.3, 0.4) is 0 Å². The minimum atomic E-state index is -0.385. The number of aromatic nitrogens is 4. The number of carbonyl (C=O) groups is 2. The largest absolute Gasteiger partial charge is 0.340 e. The lowest BCUT2D eigenvalue weighted by molar-refractivity contribution is -0.137. The summed E-state index contributed by atoms with van der Waals surface area (Å²) < 4.78 is 0. The number of aromatic amines is 2. The number of hydrogen-bond acceptors (Lipinski definition) is 5. The molecule has 1 aliphatic heterocycles. The van der Waals surface area contributed by atoms with Gasteiger partial charge in [-0.3, -0.25) is 14.5 Å². The van der Waals surface area contributed by atoms with Crippen molar-refractivity contribution >= 4 is 11.8 Å². The van der Waals surface area contributed by atoms with E-state index in [0.29, 0.717) is 0 Å². The van der Waals surface area contributed by atoms with Gasteiger partial charge in [-0.25, -0.2) is 9.97 Å². The lowest BCUT2D eigenvalue weighted by Crippen LogP contribution is -2.39. The zero-order valence-electron chi connectivity index (χ0n) is 32.6. The molecule has 0 spiro atoms. The highest BCUT2D eigenvalue weighted by molar-refractivity contribution is 5.85. The minimum absolute atomic E-state index is 0.0104. The van der Waals surface area contributed by atoms with Crippen molar-refractivity contribution in [3.8, 4) is 33.6 Å². The third-order valence-electron chi connectivity index (χ3n) is 11.0. The molecule has 2 N–H and O–H groups in total. The Bertz CT molecular complexity index is 2190. The van der Waals surface area contributed by atoms with Gasteiger partial charge in [-0.2, -0.15) is 0 Å². The number of imidazole rings is 2. The molecule has 1 fully saturated rings. The lowest BCUT2D eigenvalue weighted by Gasteiger charge is -2.31. The Kier molecular flexibility index (Phi) is 11.1. The van der Waals surface area contributed by atoms with Crippen molar-refractivity contribution in [1.29, 1.82) is 0 Å². The zero-order chi connectivity index (χ0) is 38.6. The molecule has 282 valence electrons. The third-order valence-corrected chi connectivity index (χ3v) is 11.0. The second kappa shape index (κ2) is 16.3. The van der Waals surface area contributed by atoms with Crippen LogP contribution in [0, 0.1) is 5.92 Å². The standard InChI is InChI=1S/C46H51N7O2/c1-30(2)41(36-14-9-7-10-15-36)45(54)53-27-13-18-40(53)44-48-29-39(50-44)35-25-21-33(22-26-35)32-19-23-34(24-20-32)38-28-47-43(49-38)31(3)52(6)46(55)42(51(4)5)37-16-11-8-12-17-37/h7-12,14-17,19-26,28-31,40-42H,13,18,27H2,1-6H3,(H,47,49)(H,48,50)/t31-,40-,41+,42+/m0/s1. The number of nitrogens with one attached hydrogen (secondary N) is 2. The van der Waals surface area contributed by atoms with Crippen LogP contribution in [0.25, 0.3) is 33.6 Å². The number of rotatable bonds is 12. The minimum Gasteiger partial charge on any atom is -0.340 e. The first-order valence-corrected chi connectivity index (χ1v) is 19.2. The van der Waals surface area contributed by atoms with E-state index in [2.05, 4.69) is 89.5 Å². The average Bonchev–Trinajstić information content (AvgIpc) is 4.00. The molecule has 0 bridgehead atoms. The molecule has 7 rings (SSSR count). The fourth-order valence-corrected chi connectivity index (χ4v) is 7.86. The topological polar surface area (TPSA) is 101 Å². The third kappa shape index (κ3) is 7.89. The van der Waals surface area contributed by atoms with E-state index in [0.717, 1.165) is 75.8 Å². The Balaban J connectivity index is 1.00. The Morgan fingerprint density at radius 3 is 1.78 bits per heavy atom. The maximum atomic E-state index is 13.9. The summed E-state index contributed by atoms with van der Waals surface area (Å²) in [5.41, 5.74) is 8.14. The molecule has 2 aromatic heterocycles. The van der Waals surface area contributed by atoms with Crippen LogP contribution >= 0.6 is 0 Å². The van der Waals surface area contributed by atoms with Gasteiger partial charge in [0.25, 0.3) is 0 Å². The van der Waals surface area contributed by atoms with Crippen molar-refractivity contribution in [3.05, 3.63) is 144 Å². The van der Waals surface area contributed by atoms with Crippen molar-refractivity contribution in [2.45, 2.75) is 57.7 Å². The highest BCUT2D eigenvalue weighted by atomic mass is 16.2. The van der Waals surface area contributed by atoms with Gasteiger partial charge in [0.1, 0.15) is 17.7 Å². The molecule has 4 atom stereocenters. The van der Waals surface area contributed by atoms with E-state index in [4.69, 9.17) is 4.98 Å². The second-order valence-corrected chi connectivity index (χ2v) is 15.2. The van der Waals surface area contributed by atoms with E-state index >= 15 is 0 Å². The highest BCUT2D eigenvalue weighted by Gasteiger charge is 2.37. The van der Waals surface area contributed by atoms with Gasteiger partial charge in [-0.05, 0) is 73.2 Å². The van der Waals surface area contributed by atoms with E-state index in [1.807, 2.05) is 98.8 Å². The van der Waals surface area contributed by atoms with Gasteiger partial charge in [0, 0.05) is 13.6 Å². The van der Waals surface area contributed by atoms with Gasteiger partial charge in [0.15, 0.2) is 0 Å². The molecular formula is C46H51N7O2. The first-order valence-electron chi connectivity index (χ1n) is 19.2. The number of H-pyrrole nitrogens is 2. The molecule has 9 heteroatoms. The Hall–Kier alpha value is -5.80. The second-order valence-electron chi connectivity index (χ2n) is 15.2. The Labute approximate surface area is 324 Å². The smallest absolute Gasteiger partial charge is 0.244 e. The highest BCUT2D eigenvalue weighted by Crippen LogP contribution is 2.37. The molecule has 1 aliphatic rings. The Morgan fingerprint density at radius 2 is 1.22 bits per heavy atom. The lowest BCUT2D eigenvalue weighted by atomic mass is 9.87. The van der Waals surface area contributed by atoms with Crippen molar-refractivity contribution in [2.75, 3.05) is 27.7 Å². The number of hydrogen-bond donors (Lipinski definition) is 2. The van der Waals surface area contributed by atoms with Crippen LogP contribution in [-0.4, -0.2) is 74.1 Å². The van der Waals surface area contributed by atoms with Crippen LogP contribution in [-0.2, 0) is 9.59 Å². The van der Waals surface area contributed by atoms with Crippen molar-refractivity contribution in [1.82, 2.24) is 34.6 Å². The van der Waals surface area contributed by atoms with Crippen LogP contribution in [0.5, 0.6) is 0 Å². The maximum absolute atomic E-state index is 13.9. The van der Waals surface area contributed by atoms with E-state index in [9.17, 15) is 9.59 Å². The van der Waals surface area contributed by atoms with E-state index < -0.39 is 0 Å². The maximum Gasteiger partial charge on any atom is 0.244 e. The summed E-state index contributed by atoms with van der Waals surface area (Å²) in [6.45, 7) is 6.99. The van der Waals surface area contributed by atoms with Gasteiger partial charge in [-0.1, -0.05) is 123 Å². The summed E-state index contributed by atoms with van der Waals surface area (Å²) in [5.74, 6) is 1.78. The van der Waals surface area contributed by atoms with E-state index in [-0.39, 0.29) is 41.8 Å². The summed E-state index contributed by atoms with van der Waals surface area (Å²) in [7, 11) is 5.69. The zero-order valence-corrected chi connectivity index (χ0v) is 32.6. The number of amides is 2. The first kappa shape index (κ1) is 37.5. The van der Waals surface area contributed by atoms with Crippen LogP contribution in [0.15, 0.2) is 122 Å². The number of likely N-dealkylation sites (N-methyl/N-ethyl adjacent to an activating group) is 2. The van der Waals surface area contributed by atoms with Gasteiger partial charge in [-0.15, -0.1) is 0 Å². The van der Waals surface area contributed by atoms with Gasteiger partial charge in [0.2, 0.25) is 11.8 Å². The molecule has 0 radical (unpaired) electrons. The normalized spacial score (nSPS) is 16.0. The summed E-state index contributed by atoms with van der Waals surface area (Å²) in [6, 6.07) is 36.2. The van der Waals surface area contributed by atoms with Crippen LogP contribution in [0.1, 0.15) is 80.4 Å². The van der Waals surface area contributed by atoms with Crippen molar-refractivity contribution in [2.24, 2.45) is 5.92 Å². The summed E-state index contributed by atoms with van der Waals surface area (Å²) >= 11 is 0. The molecule has 4 aromatic carbocycles. The first-order chi connectivity index (χ1) is 26.6. The molecule has 55 heavy (non-hydrogen) atoms. The van der Waals surface area contributed by atoms with Crippen LogP contribution in [0.4, 0.5) is 0 Å².